The predicted octanol–water partition coefficient (Wildman–Crippen LogP) is 2.72. The largest absolute Gasteiger partial charge is 0.327 e. The van der Waals surface area contributed by atoms with Gasteiger partial charge < -0.3 is 4.57 Å². The number of hydrogen-bond donors (Lipinski definition) is 0. The van der Waals surface area contributed by atoms with Gasteiger partial charge in [0.15, 0.2) is 5.78 Å². The quantitative estimate of drug-likeness (QED) is 0.737. The van der Waals surface area contributed by atoms with Crippen molar-refractivity contribution in [3.63, 3.8) is 0 Å². The van der Waals surface area contributed by atoms with Gasteiger partial charge in [-0.25, -0.2) is 4.98 Å². The van der Waals surface area contributed by atoms with E-state index in [0.29, 0.717) is 6.54 Å². The van der Waals surface area contributed by atoms with Gasteiger partial charge in [-0.2, -0.15) is 0 Å². The Labute approximate surface area is 101 Å². The molecule has 88 valence electrons. The third kappa shape index (κ3) is 2.81. The number of benzene rings is 1. The molecule has 2 aromatic rings. The summed E-state index contributed by atoms with van der Waals surface area (Å²) >= 11 is 0. The zero-order valence-electron chi connectivity index (χ0n) is 9.97. The highest BCUT2D eigenvalue weighted by Crippen LogP contribution is 2.06. The Morgan fingerprint density at radius 3 is 2.76 bits per heavy atom. The first kappa shape index (κ1) is 11.6. The van der Waals surface area contributed by atoms with Crippen LogP contribution in [0.2, 0.25) is 0 Å². The van der Waals surface area contributed by atoms with Crippen LogP contribution in [0.25, 0.3) is 0 Å². The lowest BCUT2D eigenvalue weighted by Gasteiger charge is -2.06. The zero-order valence-corrected chi connectivity index (χ0v) is 9.97. The second kappa shape index (κ2) is 5.43. The molecule has 0 N–H and O–H groups in total. The van der Waals surface area contributed by atoms with Crippen molar-refractivity contribution >= 4 is 5.78 Å². The fourth-order valence-electron chi connectivity index (χ4n) is 1.81. The number of carbonyl (C=O) groups excluding carboxylic acids is 1. The topological polar surface area (TPSA) is 34.9 Å². The number of imidazole rings is 1. The highest BCUT2D eigenvalue weighted by atomic mass is 16.1. The van der Waals surface area contributed by atoms with Gasteiger partial charge in [0.1, 0.15) is 5.82 Å². The molecule has 0 saturated heterocycles. The van der Waals surface area contributed by atoms with E-state index in [0.717, 1.165) is 24.2 Å². The Hall–Kier alpha value is -1.90. The average Bonchev–Trinajstić information content (AvgIpc) is 2.78. The maximum atomic E-state index is 12.0. The Balaban J connectivity index is 2.11. The summed E-state index contributed by atoms with van der Waals surface area (Å²) in [5.74, 6) is 1.11. The van der Waals surface area contributed by atoms with Gasteiger partial charge in [-0.1, -0.05) is 37.3 Å². The smallest absolute Gasteiger partial charge is 0.182 e. The third-order valence-corrected chi connectivity index (χ3v) is 2.69. The average molecular weight is 228 g/mol. The number of aryl methyl sites for hydroxylation is 1. The number of hydrogen-bond acceptors (Lipinski definition) is 2. The van der Waals surface area contributed by atoms with E-state index in [2.05, 4.69) is 11.9 Å². The minimum Gasteiger partial charge on any atom is -0.327 e. The van der Waals surface area contributed by atoms with Crippen molar-refractivity contribution in [2.24, 2.45) is 0 Å². The van der Waals surface area contributed by atoms with E-state index in [1.165, 1.54) is 0 Å². The summed E-state index contributed by atoms with van der Waals surface area (Å²) in [6, 6.07) is 9.37. The molecule has 0 fully saturated rings. The van der Waals surface area contributed by atoms with E-state index in [4.69, 9.17) is 0 Å². The second-order valence-electron chi connectivity index (χ2n) is 4.01. The molecule has 3 heteroatoms. The van der Waals surface area contributed by atoms with Crippen molar-refractivity contribution in [2.45, 2.75) is 26.3 Å². The number of rotatable bonds is 5. The standard InChI is InChI=1S/C14H16N2O/c1-2-6-14-15-9-10-16(14)11-13(17)12-7-4-3-5-8-12/h3-5,7-10H,2,6,11H2,1H3. The highest BCUT2D eigenvalue weighted by Gasteiger charge is 2.08. The molecule has 0 atom stereocenters. The Morgan fingerprint density at radius 2 is 2.06 bits per heavy atom. The van der Waals surface area contributed by atoms with E-state index < -0.39 is 0 Å². The van der Waals surface area contributed by atoms with Gasteiger partial charge >= 0.3 is 0 Å². The monoisotopic (exact) mass is 228 g/mol. The first-order chi connectivity index (χ1) is 8.31. The molecule has 0 spiro atoms. The van der Waals surface area contributed by atoms with Crippen LogP contribution in [-0.2, 0) is 13.0 Å². The van der Waals surface area contributed by atoms with Gasteiger partial charge in [0.05, 0.1) is 6.54 Å². The lowest BCUT2D eigenvalue weighted by Crippen LogP contribution is -2.12. The SMILES string of the molecule is CCCc1nccn1CC(=O)c1ccccc1. The molecule has 0 aliphatic heterocycles. The van der Waals surface area contributed by atoms with Gasteiger partial charge in [-0.05, 0) is 6.42 Å². The van der Waals surface area contributed by atoms with Gasteiger partial charge in [0, 0.05) is 24.4 Å². The van der Waals surface area contributed by atoms with Crippen molar-refractivity contribution in [3.05, 3.63) is 54.1 Å². The van der Waals surface area contributed by atoms with E-state index >= 15 is 0 Å². The summed E-state index contributed by atoms with van der Waals surface area (Å²) in [5, 5.41) is 0. The van der Waals surface area contributed by atoms with Gasteiger partial charge in [0.25, 0.3) is 0 Å². The van der Waals surface area contributed by atoms with E-state index in [1.54, 1.807) is 6.20 Å². The Morgan fingerprint density at radius 1 is 1.29 bits per heavy atom. The van der Waals surface area contributed by atoms with Crippen molar-refractivity contribution in [1.29, 1.82) is 0 Å². The van der Waals surface area contributed by atoms with Crippen molar-refractivity contribution in [1.82, 2.24) is 9.55 Å². The predicted molar refractivity (Wildman–Crippen MR) is 67.0 cm³/mol. The van der Waals surface area contributed by atoms with Crippen LogP contribution in [0, 0.1) is 0 Å². The molecular weight excluding hydrogens is 212 g/mol. The molecule has 1 heterocycles. The van der Waals surface area contributed by atoms with Crippen molar-refractivity contribution < 1.29 is 4.79 Å². The normalized spacial score (nSPS) is 10.4. The molecule has 0 unspecified atom stereocenters. The summed E-state index contributed by atoms with van der Waals surface area (Å²) in [6.45, 7) is 2.48. The number of aromatic nitrogens is 2. The van der Waals surface area contributed by atoms with Gasteiger partial charge in [-0.15, -0.1) is 0 Å². The molecule has 0 aliphatic carbocycles. The van der Waals surface area contributed by atoms with Gasteiger partial charge in [0.2, 0.25) is 0 Å². The maximum Gasteiger partial charge on any atom is 0.182 e. The van der Waals surface area contributed by atoms with Crippen LogP contribution in [0.3, 0.4) is 0 Å². The molecule has 1 aromatic heterocycles. The molecule has 0 aliphatic rings. The lowest BCUT2D eigenvalue weighted by atomic mass is 10.1. The van der Waals surface area contributed by atoms with Crippen LogP contribution in [0.4, 0.5) is 0 Å². The molecule has 0 saturated carbocycles. The van der Waals surface area contributed by atoms with Crippen LogP contribution in [-0.4, -0.2) is 15.3 Å². The molecule has 0 bridgehead atoms. The fraction of sp³-hybridized carbons (Fsp3) is 0.286. The molecule has 1 aromatic carbocycles. The van der Waals surface area contributed by atoms with Crippen LogP contribution in [0.5, 0.6) is 0 Å². The number of nitrogens with zero attached hydrogens (tertiary/aromatic N) is 2. The van der Waals surface area contributed by atoms with E-state index in [-0.39, 0.29) is 5.78 Å². The number of ketones is 1. The van der Waals surface area contributed by atoms with Crippen LogP contribution in [0.1, 0.15) is 29.5 Å². The number of carbonyl (C=O) groups is 1. The Kier molecular flexibility index (Phi) is 3.70. The first-order valence-electron chi connectivity index (χ1n) is 5.89. The summed E-state index contributed by atoms with van der Waals surface area (Å²) in [5.41, 5.74) is 0.753. The van der Waals surface area contributed by atoms with Crippen LogP contribution in [0.15, 0.2) is 42.7 Å². The third-order valence-electron chi connectivity index (χ3n) is 2.69. The van der Waals surface area contributed by atoms with E-state index in [1.807, 2.05) is 41.1 Å². The fourth-order valence-corrected chi connectivity index (χ4v) is 1.81. The maximum absolute atomic E-state index is 12.0. The summed E-state index contributed by atoms with van der Waals surface area (Å²) < 4.78 is 1.93. The van der Waals surface area contributed by atoms with Crippen LogP contribution < -0.4 is 0 Å². The van der Waals surface area contributed by atoms with Crippen molar-refractivity contribution in [3.8, 4) is 0 Å². The number of Topliss-reactive ketones (excluding diaryl/α,β-unsaturated/α-hetero) is 1. The molecule has 0 radical (unpaired) electrons. The molecule has 2 rings (SSSR count). The van der Waals surface area contributed by atoms with Crippen LogP contribution >= 0.6 is 0 Å². The highest BCUT2D eigenvalue weighted by molar-refractivity contribution is 5.95. The summed E-state index contributed by atoms with van der Waals surface area (Å²) in [7, 11) is 0. The molecule has 3 nitrogen and oxygen atoms in total. The minimum absolute atomic E-state index is 0.126. The minimum atomic E-state index is 0.126. The second-order valence-corrected chi connectivity index (χ2v) is 4.01. The van der Waals surface area contributed by atoms with E-state index in [9.17, 15) is 4.79 Å². The van der Waals surface area contributed by atoms with Gasteiger partial charge in [-0.3, -0.25) is 4.79 Å². The molecule has 0 amide bonds. The lowest BCUT2D eigenvalue weighted by molar-refractivity contribution is 0.0971. The summed E-state index contributed by atoms with van der Waals surface area (Å²) in [4.78, 5) is 16.3. The van der Waals surface area contributed by atoms with Crippen molar-refractivity contribution in [2.75, 3.05) is 0 Å². The summed E-state index contributed by atoms with van der Waals surface area (Å²) in [6.07, 6.45) is 5.57. The molecule has 17 heavy (non-hydrogen) atoms. The zero-order chi connectivity index (χ0) is 12.1. The molecular formula is C14H16N2O. The first-order valence-corrected chi connectivity index (χ1v) is 5.89. The Bertz CT molecular complexity index is 488.